The third kappa shape index (κ3) is 30.2. The summed E-state index contributed by atoms with van der Waals surface area (Å²) in [7, 11) is 0. The number of hydrogen-bond acceptors (Lipinski definition) is 21. The summed E-state index contributed by atoms with van der Waals surface area (Å²) in [4.78, 5) is 133. The summed E-state index contributed by atoms with van der Waals surface area (Å²) in [5.41, 5.74) is 3.04. The van der Waals surface area contributed by atoms with Crippen molar-refractivity contribution in [3.63, 3.8) is 0 Å². The van der Waals surface area contributed by atoms with Crippen LogP contribution in [0.4, 0.5) is 0 Å². The van der Waals surface area contributed by atoms with Gasteiger partial charge >= 0.3 is 41.5 Å². The zero-order valence-corrected chi connectivity index (χ0v) is 58.0. The van der Waals surface area contributed by atoms with E-state index in [1.165, 1.54) is 38.5 Å². The summed E-state index contributed by atoms with van der Waals surface area (Å²) in [6, 6.07) is 0.463. The lowest BCUT2D eigenvalue weighted by molar-refractivity contribution is -0.156. The van der Waals surface area contributed by atoms with Gasteiger partial charge in [-0.25, -0.2) is 4.79 Å². The number of carbonyl (C=O) groups excluding carboxylic acids is 6. The van der Waals surface area contributed by atoms with E-state index in [0.29, 0.717) is 63.1 Å². The summed E-state index contributed by atoms with van der Waals surface area (Å²) >= 11 is 13.0. The zero-order chi connectivity index (χ0) is 67.4. The Morgan fingerprint density at radius 3 is 1.52 bits per heavy atom. The maximum absolute atomic E-state index is 12.1. The van der Waals surface area contributed by atoms with Gasteiger partial charge in [0.25, 0.3) is 11.1 Å². The Labute approximate surface area is 581 Å². The van der Waals surface area contributed by atoms with Crippen molar-refractivity contribution in [1.29, 1.82) is 0 Å². The van der Waals surface area contributed by atoms with Crippen LogP contribution in [-0.2, 0) is 70.1 Å². The highest BCUT2D eigenvalue weighted by atomic mass is 79.9. The number of Topliss-reactive ketones (excluding diaryl/α,β-unsaturated/α-hetero) is 1. The number of rotatable bonds is 16. The number of carbonyl (C=O) groups is 7. The van der Waals surface area contributed by atoms with Crippen LogP contribution in [0.25, 0.3) is 0 Å². The topological polar surface area (TPSA) is 325 Å². The van der Waals surface area contributed by atoms with Crippen LogP contribution in [0.2, 0.25) is 0 Å². The molecular weight excluding hydrogens is 1330 g/mol. The van der Waals surface area contributed by atoms with Gasteiger partial charge in [-0.3, -0.25) is 72.7 Å². The fraction of sp³-hybridized carbons (Fsp3) is 0.776. The van der Waals surface area contributed by atoms with Crippen LogP contribution in [-0.4, -0.2) is 208 Å². The van der Waals surface area contributed by atoms with E-state index >= 15 is 0 Å². The van der Waals surface area contributed by atoms with Gasteiger partial charge in [0.15, 0.2) is 10.6 Å². The number of piperidine rings is 6. The number of likely N-dealkylation sites (tertiary alicyclic amines) is 1. The minimum Gasteiger partial charge on any atom is -0.480 e. The van der Waals surface area contributed by atoms with Gasteiger partial charge in [0.2, 0.25) is 0 Å². The molecule has 6 N–H and O–H groups in total. The van der Waals surface area contributed by atoms with Crippen molar-refractivity contribution in [2.45, 2.75) is 228 Å². The number of hydrogen-bond donors (Lipinski definition) is 6. The van der Waals surface area contributed by atoms with Gasteiger partial charge in [-0.2, -0.15) is 0 Å². The number of aromatic amines is 4. The molecule has 10 rings (SSSR count). The highest BCUT2D eigenvalue weighted by Crippen LogP contribution is 2.35. The Bertz CT molecular complexity index is 2760. The Kier molecular flexibility index (Phi) is 45.6. The fourth-order valence-electron chi connectivity index (χ4n) is 12.7. The molecule has 0 spiro atoms. The molecule has 28 heteroatoms. The van der Waals surface area contributed by atoms with Crippen molar-refractivity contribution in [3.8, 4) is 0 Å². The number of nitrogens with one attached hydrogen (secondary N) is 5. The maximum Gasteiger partial charge on any atom is 0.325 e. The number of aromatic nitrogens is 4. The molecule has 0 aromatic carbocycles. The summed E-state index contributed by atoms with van der Waals surface area (Å²) in [6.07, 6.45) is 21.3. The molecule has 6 unspecified atom stereocenters. The first-order valence-electron chi connectivity index (χ1n) is 33.4. The van der Waals surface area contributed by atoms with Crippen LogP contribution in [0.1, 0.15) is 220 Å². The van der Waals surface area contributed by atoms with Gasteiger partial charge < -0.3 is 44.1 Å². The second-order valence-corrected chi connectivity index (χ2v) is 24.8. The van der Waals surface area contributed by atoms with Crippen LogP contribution < -0.4 is 22.1 Å². The highest BCUT2D eigenvalue weighted by molar-refractivity contribution is 9.09. The first-order valence-corrected chi connectivity index (χ1v) is 35.5. The van der Waals surface area contributed by atoms with Crippen molar-refractivity contribution in [1.82, 2.24) is 44.9 Å². The standard InChI is InChI=1S/C14H25NO4.C12H19NO3.C11H15N3O2.C11H15N3OS.C8H15NO2.C6H11BrO2.C2H3ClO2.3CH4/c1-3-18-13(16)9-7-11-15-10-6-5-8-12(15)14(17)19-4-2;1-2-16-12(15)9-6-8-13-7-4-3-5-10(13)11(9)14;2*15-10-7-4-6-14-5-2-1-3-8(14)9(7)12-11(16)13-10;1-2-11-8(10)7-5-3-4-6-9-7;1-2-9-6(8)4-3-5-7;3-1-2(4)5;;;/h12H,3-11H2,1-2H3;9-10H,2-8H2,1H3;2*8H,1-6H2,(H2,12,13,15,16);7,9H,2-6H2,1H3;2-5H2,1H3;1H2,(H,4,5);3*1H4. The van der Waals surface area contributed by atoms with E-state index in [4.69, 9.17) is 47.9 Å². The average Bonchev–Trinajstić information content (AvgIpc) is 0.797. The predicted molar refractivity (Wildman–Crippen MR) is 375 cm³/mol. The molecule has 25 nitrogen and oxygen atoms in total. The normalized spacial score (nSPS) is 21.7. The van der Waals surface area contributed by atoms with Gasteiger partial charge in [-0.05, 0) is 182 Å². The Hall–Kier alpha value is -5.16. The SMILES string of the molecule is C.C.C.CCOC(=O)C1CCCCN1.CCOC(=O)C1CCN2CCCCC2C1=O.CCOC(=O)CCCBr.CCOC(=O)CCCN1CCCCC1C(=O)OCC.O=C(O)CCl.O=c1[nH]c(=S)[nH]c2c1CCN1CCCCC21.O=c1[nH]c2c(c(=O)[nH]1)CCN1CCCCC21. The Morgan fingerprint density at radius 1 is 0.537 bits per heavy atom. The summed E-state index contributed by atoms with van der Waals surface area (Å²) < 4.78 is 25.0. The number of H-pyrrole nitrogens is 4. The quantitative estimate of drug-likeness (QED) is 0.0300. The Balaban J connectivity index is 0.000000565. The molecule has 95 heavy (non-hydrogen) atoms. The lowest BCUT2D eigenvalue weighted by Gasteiger charge is -2.40. The first-order chi connectivity index (χ1) is 44.4. The molecule has 0 amide bonds. The first kappa shape index (κ1) is 87.9. The second-order valence-electron chi connectivity index (χ2n) is 23.3. The van der Waals surface area contributed by atoms with Crippen LogP contribution in [0.3, 0.4) is 0 Å². The molecule has 0 radical (unpaired) electrons. The van der Waals surface area contributed by atoms with E-state index in [1.807, 2.05) is 20.8 Å². The number of carboxylic acid groups (broad SMARTS) is 1. The van der Waals surface area contributed by atoms with Crippen molar-refractivity contribution in [2.75, 3.05) is 103 Å². The van der Waals surface area contributed by atoms with E-state index in [0.717, 1.165) is 170 Å². The second kappa shape index (κ2) is 49.4. The lowest BCUT2D eigenvalue weighted by Crippen LogP contribution is -2.53. The molecule has 0 bridgehead atoms. The van der Waals surface area contributed by atoms with Crippen molar-refractivity contribution in [2.24, 2.45) is 5.92 Å². The molecule has 6 atom stereocenters. The molecule has 6 fully saturated rings. The molecular formula is C67H115BrClN9O16S. The van der Waals surface area contributed by atoms with Crippen LogP contribution in [0.15, 0.2) is 14.4 Å². The van der Waals surface area contributed by atoms with E-state index in [9.17, 15) is 47.9 Å². The molecule has 10 heterocycles. The van der Waals surface area contributed by atoms with Crippen LogP contribution in [0.5, 0.6) is 0 Å². The molecule has 544 valence electrons. The van der Waals surface area contributed by atoms with Gasteiger partial charge in [0, 0.05) is 60.3 Å². The number of alkyl halides is 2. The van der Waals surface area contributed by atoms with Crippen LogP contribution >= 0.6 is 39.7 Å². The zero-order valence-electron chi connectivity index (χ0n) is 54.9. The molecule has 0 aliphatic carbocycles. The number of esters is 5. The number of aliphatic carboxylic acids is 1. The average molecular weight is 1450 g/mol. The number of ether oxygens (including phenoxy) is 5. The maximum atomic E-state index is 12.1. The van der Waals surface area contributed by atoms with Crippen molar-refractivity contribution >= 4 is 81.3 Å². The molecule has 6 saturated heterocycles. The minimum absolute atomic E-state index is 0. The van der Waals surface area contributed by atoms with Crippen molar-refractivity contribution in [3.05, 3.63) is 58.5 Å². The molecule has 8 aliphatic heterocycles. The predicted octanol–water partition coefficient (Wildman–Crippen LogP) is 9.04. The largest absolute Gasteiger partial charge is 0.480 e. The third-order valence-electron chi connectivity index (χ3n) is 17.0. The highest BCUT2D eigenvalue weighted by Gasteiger charge is 2.42. The van der Waals surface area contributed by atoms with Gasteiger partial charge in [-0.15, -0.1) is 11.6 Å². The molecule has 8 aliphatic rings. The van der Waals surface area contributed by atoms with Gasteiger partial charge in [0.1, 0.15) is 23.9 Å². The lowest BCUT2D eigenvalue weighted by atomic mass is 9.85. The van der Waals surface area contributed by atoms with E-state index in [1.54, 1.807) is 13.8 Å². The van der Waals surface area contributed by atoms with E-state index in [-0.39, 0.29) is 105 Å². The van der Waals surface area contributed by atoms with Gasteiger partial charge in [0.05, 0.1) is 51.2 Å². The van der Waals surface area contributed by atoms with E-state index in [2.05, 4.69) is 65.5 Å². The number of halogens is 2. The fourth-order valence-corrected chi connectivity index (χ4v) is 13.2. The van der Waals surface area contributed by atoms with E-state index < -0.39 is 11.9 Å². The summed E-state index contributed by atoms with van der Waals surface area (Å²) in [5.74, 6) is -2.50. The summed E-state index contributed by atoms with van der Waals surface area (Å²) in [5, 5.41) is 11.6. The van der Waals surface area contributed by atoms with Crippen LogP contribution in [0, 0.1) is 10.7 Å². The number of carboxylic acids is 1. The molecule has 0 saturated carbocycles. The number of nitrogens with zero attached hydrogens (tertiary/aromatic N) is 4. The number of fused-ring (bicyclic) bond motifs is 7. The Morgan fingerprint density at radius 2 is 1.00 bits per heavy atom. The smallest absolute Gasteiger partial charge is 0.325 e. The monoisotopic (exact) mass is 1450 g/mol. The number of ketones is 1. The third-order valence-corrected chi connectivity index (χ3v) is 18.0. The molecule has 2 aromatic heterocycles. The molecule has 2 aromatic rings. The van der Waals surface area contributed by atoms with Gasteiger partial charge in [-0.1, -0.05) is 70.3 Å². The summed E-state index contributed by atoms with van der Waals surface area (Å²) in [6.45, 7) is 19.9. The minimum atomic E-state index is -0.980. The van der Waals surface area contributed by atoms with Crippen molar-refractivity contribution < 1.29 is 62.4 Å².